The van der Waals surface area contributed by atoms with Crippen molar-refractivity contribution in [1.29, 1.82) is 5.26 Å². The first-order chi connectivity index (χ1) is 16.7. The Morgan fingerprint density at radius 1 is 1.17 bits per heavy atom. The zero-order chi connectivity index (χ0) is 25.2. The lowest BCUT2D eigenvalue weighted by Crippen LogP contribution is -2.24. The zero-order valence-corrected chi connectivity index (χ0v) is 19.9. The fraction of sp³-hybridized carbons (Fsp3) is 0.167. The Balaban J connectivity index is 1.78. The Hall–Kier alpha value is -3.62. The van der Waals surface area contributed by atoms with Gasteiger partial charge in [-0.25, -0.2) is 4.98 Å². The topological polar surface area (TPSA) is 87.8 Å². The molecule has 4 aromatic rings. The number of nitrogens with one attached hydrogen (secondary N) is 1. The van der Waals surface area contributed by atoms with E-state index in [0.717, 1.165) is 34.7 Å². The van der Waals surface area contributed by atoms with Crippen molar-refractivity contribution in [1.82, 2.24) is 9.55 Å². The summed E-state index contributed by atoms with van der Waals surface area (Å²) in [6.45, 7) is 1.79. The minimum absolute atomic E-state index is 0.0681. The first kappa shape index (κ1) is 24.5. The SMILES string of the molecule is Cc1c(C(=O)Nc2ccccc2C(F)(F)F)sc2nc(SCC#N)n(Cc3ccccc3)c(=O)c12. The summed E-state index contributed by atoms with van der Waals surface area (Å²) >= 11 is 2.03. The second kappa shape index (κ2) is 9.93. The largest absolute Gasteiger partial charge is 0.418 e. The van der Waals surface area contributed by atoms with Crippen LogP contribution in [0.5, 0.6) is 0 Å². The van der Waals surface area contributed by atoms with Crippen molar-refractivity contribution >= 4 is 44.9 Å². The molecule has 1 N–H and O–H groups in total. The van der Waals surface area contributed by atoms with Gasteiger partial charge in [-0.2, -0.15) is 18.4 Å². The number of halogens is 3. The fourth-order valence-electron chi connectivity index (χ4n) is 3.55. The second-order valence-electron chi connectivity index (χ2n) is 7.45. The Bertz CT molecular complexity index is 1510. The molecule has 0 atom stereocenters. The molecule has 2 aromatic heterocycles. The maximum absolute atomic E-state index is 13.5. The minimum atomic E-state index is -4.64. The van der Waals surface area contributed by atoms with Crippen LogP contribution in [0.4, 0.5) is 18.9 Å². The van der Waals surface area contributed by atoms with E-state index >= 15 is 0 Å². The van der Waals surface area contributed by atoms with Crippen molar-refractivity contribution in [3.8, 4) is 6.07 Å². The third-order valence-corrected chi connectivity index (χ3v) is 7.18. The number of aromatic nitrogens is 2. The average molecular weight is 515 g/mol. The van der Waals surface area contributed by atoms with Gasteiger partial charge in [0.1, 0.15) is 4.83 Å². The van der Waals surface area contributed by atoms with E-state index in [4.69, 9.17) is 5.26 Å². The van der Waals surface area contributed by atoms with Gasteiger partial charge < -0.3 is 5.32 Å². The molecule has 178 valence electrons. The summed E-state index contributed by atoms with van der Waals surface area (Å²) in [4.78, 5) is 31.4. The monoisotopic (exact) mass is 514 g/mol. The number of benzene rings is 2. The summed E-state index contributed by atoms with van der Waals surface area (Å²) < 4.78 is 41.5. The van der Waals surface area contributed by atoms with E-state index in [1.807, 2.05) is 36.4 Å². The van der Waals surface area contributed by atoms with Gasteiger partial charge in [-0.3, -0.25) is 14.2 Å². The van der Waals surface area contributed by atoms with Gasteiger partial charge in [0.2, 0.25) is 0 Å². The summed E-state index contributed by atoms with van der Waals surface area (Å²) in [5.74, 6) is -0.694. The van der Waals surface area contributed by atoms with Gasteiger partial charge in [-0.05, 0) is 30.2 Å². The van der Waals surface area contributed by atoms with E-state index in [1.165, 1.54) is 22.8 Å². The third-order valence-electron chi connectivity index (χ3n) is 5.15. The van der Waals surface area contributed by atoms with E-state index in [0.29, 0.717) is 10.7 Å². The smallest absolute Gasteiger partial charge is 0.321 e. The maximum atomic E-state index is 13.5. The van der Waals surface area contributed by atoms with E-state index < -0.39 is 17.6 Å². The lowest BCUT2D eigenvalue weighted by atomic mass is 10.1. The summed E-state index contributed by atoms with van der Waals surface area (Å²) in [5, 5.41) is 11.9. The van der Waals surface area contributed by atoms with E-state index in [9.17, 15) is 22.8 Å². The molecule has 0 spiro atoms. The molecule has 0 unspecified atom stereocenters. The fourth-order valence-corrected chi connectivity index (χ4v) is 5.32. The van der Waals surface area contributed by atoms with Crippen LogP contribution in [0, 0.1) is 18.3 Å². The van der Waals surface area contributed by atoms with Crippen LogP contribution in [-0.2, 0) is 12.7 Å². The molecule has 4 rings (SSSR count). The van der Waals surface area contributed by atoms with Crippen molar-refractivity contribution in [2.45, 2.75) is 24.8 Å². The average Bonchev–Trinajstić information content (AvgIpc) is 3.16. The summed E-state index contributed by atoms with van der Waals surface area (Å²) in [5.41, 5.74) is -0.540. The zero-order valence-electron chi connectivity index (χ0n) is 18.2. The summed E-state index contributed by atoms with van der Waals surface area (Å²) in [6, 6.07) is 15.9. The van der Waals surface area contributed by atoms with Crippen LogP contribution in [-0.4, -0.2) is 21.2 Å². The van der Waals surface area contributed by atoms with Gasteiger partial charge in [-0.15, -0.1) is 11.3 Å². The highest BCUT2D eigenvalue weighted by Gasteiger charge is 2.34. The van der Waals surface area contributed by atoms with Crippen molar-refractivity contribution < 1.29 is 18.0 Å². The van der Waals surface area contributed by atoms with Gasteiger partial charge >= 0.3 is 6.18 Å². The van der Waals surface area contributed by atoms with Gasteiger partial charge in [0.05, 0.1) is 39.9 Å². The molecule has 0 radical (unpaired) electrons. The number of anilines is 1. The molecular formula is C24H17F3N4O2S2. The number of carbonyl (C=O) groups is 1. The van der Waals surface area contributed by atoms with Crippen LogP contribution in [0.25, 0.3) is 10.2 Å². The van der Waals surface area contributed by atoms with Crippen molar-refractivity contribution in [3.63, 3.8) is 0 Å². The number of thiophene rings is 1. The van der Waals surface area contributed by atoms with E-state index in [1.54, 1.807) is 6.92 Å². The number of hydrogen-bond donors (Lipinski definition) is 1. The standard InChI is InChI=1S/C24H17F3N4O2S2/c1-14-18-21(35-19(14)20(32)29-17-10-6-5-9-16(17)24(25,26)27)30-23(34-12-11-28)31(22(18)33)13-15-7-3-2-4-8-15/h2-10H,12-13H2,1H3,(H,29,32). The molecule has 0 aliphatic heterocycles. The Kier molecular flexibility index (Phi) is 6.95. The van der Waals surface area contributed by atoms with Crippen LogP contribution < -0.4 is 10.9 Å². The highest BCUT2D eigenvalue weighted by Crippen LogP contribution is 2.36. The van der Waals surface area contributed by atoms with E-state index in [2.05, 4.69) is 10.3 Å². The van der Waals surface area contributed by atoms with Gasteiger partial charge in [0.15, 0.2) is 5.16 Å². The molecule has 1 amide bonds. The highest BCUT2D eigenvalue weighted by atomic mass is 32.2. The molecule has 0 aliphatic rings. The number of rotatable bonds is 6. The van der Waals surface area contributed by atoms with Crippen LogP contribution in [0.2, 0.25) is 0 Å². The van der Waals surface area contributed by atoms with E-state index in [-0.39, 0.29) is 38.6 Å². The van der Waals surface area contributed by atoms with Crippen LogP contribution in [0.1, 0.15) is 26.4 Å². The van der Waals surface area contributed by atoms with Crippen molar-refractivity contribution in [3.05, 3.63) is 86.5 Å². The number of thioether (sulfide) groups is 1. The first-order valence-electron chi connectivity index (χ1n) is 10.3. The highest BCUT2D eigenvalue weighted by molar-refractivity contribution is 7.99. The molecule has 0 saturated heterocycles. The predicted octanol–water partition coefficient (Wildman–Crippen LogP) is 5.70. The molecule has 0 aliphatic carbocycles. The van der Waals surface area contributed by atoms with Gasteiger partial charge in [0, 0.05) is 0 Å². The predicted molar refractivity (Wildman–Crippen MR) is 130 cm³/mol. The van der Waals surface area contributed by atoms with Gasteiger partial charge in [-0.1, -0.05) is 54.2 Å². The molecule has 6 nitrogen and oxygen atoms in total. The molecule has 2 heterocycles. The number of aryl methyl sites for hydroxylation is 1. The quantitative estimate of drug-likeness (QED) is 0.263. The lowest BCUT2D eigenvalue weighted by molar-refractivity contribution is -0.136. The third kappa shape index (κ3) is 5.08. The number of fused-ring (bicyclic) bond motifs is 1. The van der Waals surface area contributed by atoms with Crippen LogP contribution in [0.15, 0.2) is 64.5 Å². The summed E-state index contributed by atoms with van der Waals surface area (Å²) in [7, 11) is 0. The maximum Gasteiger partial charge on any atom is 0.418 e. The number of carbonyl (C=O) groups excluding carboxylic acids is 1. The molecule has 11 heteroatoms. The number of para-hydroxylation sites is 1. The number of amides is 1. The molecule has 0 fully saturated rings. The summed E-state index contributed by atoms with van der Waals surface area (Å²) in [6.07, 6.45) is -4.64. The second-order valence-corrected chi connectivity index (χ2v) is 9.39. The minimum Gasteiger partial charge on any atom is -0.321 e. The number of nitrogens with zero attached hydrogens (tertiary/aromatic N) is 3. The molecule has 2 aromatic carbocycles. The Morgan fingerprint density at radius 3 is 2.54 bits per heavy atom. The Morgan fingerprint density at radius 2 is 1.86 bits per heavy atom. The van der Waals surface area contributed by atoms with Crippen LogP contribution >= 0.6 is 23.1 Å². The van der Waals surface area contributed by atoms with Crippen molar-refractivity contribution in [2.24, 2.45) is 0 Å². The molecule has 0 saturated carbocycles. The molecular weight excluding hydrogens is 497 g/mol. The Labute approximate surface area is 206 Å². The normalized spacial score (nSPS) is 11.4. The number of nitriles is 1. The lowest BCUT2D eigenvalue weighted by Gasteiger charge is -2.13. The van der Waals surface area contributed by atoms with Crippen molar-refractivity contribution in [2.75, 3.05) is 11.1 Å². The molecule has 35 heavy (non-hydrogen) atoms. The first-order valence-corrected chi connectivity index (χ1v) is 12.1. The number of hydrogen-bond acceptors (Lipinski definition) is 6. The number of alkyl halides is 3. The van der Waals surface area contributed by atoms with Crippen LogP contribution in [0.3, 0.4) is 0 Å². The molecule has 0 bridgehead atoms. The van der Waals surface area contributed by atoms with Gasteiger partial charge in [0.25, 0.3) is 11.5 Å².